The first-order valence-corrected chi connectivity index (χ1v) is 6.51. The van der Waals surface area contributed by atoms with E-state index in [2.05, 4.69) is 26.0 Å². The number of halogens is 1. The summed E-state index contributed by atoms with van der Waals surface area (Å²) < 4.78 is 13.9. The molecule has 2 aromatic rings. The number of nitrogens with two attached hydrogens (primary N) is 1. The van der Waals surface area contributed by atoms with E-state index in [-0.39, 0.29) is 5.82 Å². The van der Waals surface area contributed by atoms with E-state index in [1.807, 2.05) is 19.1 Å². The highest BCUT2D eigenvalue weighted by Gasteiger charge is 2.26. The van der Waals surface area contributed by atoms with Crippen LogP contribution < -0.4 is 5.73 Å². The molecule has 0 heterocycles. The van der Waals surface area contributed by atoms with Crippen molar-refractivity contribution in [3.8, 4) is 0 Å². The highest BCUT2D eigenvalue weighted by molar-refractivity contribution is 5.37. The summed E-state index contributed by atoms with van der Waals surface area (Å²) in [6.07, 6.45) is 0.631. The quantitative estimate of drug-likeness (QED) is 0.887. The molecule has 0 aliphatic heterocycles. The molecule has 0 saturated heterocycles. The number of hydrogen-bond donors (Lipinski definition) is 1. The van der Waals surface area contributed by atoms with Crippen molar-refractivity contribution < 1.29 is 4.39 Å². The molecule has 0 amide bonds. The first-order chi connectivity index (χ1) is 8.92. The summed E-state index contributed by atoms with van der Waals surface area (Å²) in [4.78, 5) is 0. The van der Waals surface area contributed by atoms with Crippen molar-refractivity contribution in [2.75, 3.05) is 0 Å². The third-order valence-electron chi connectivity index (χ3n) is 3.68. The van der Waals surface area contributed by atoms with Crippen LogP contribution in [0.5, 0.6) is 0 Å². The van der Waals surface area contributed by atoms with E-state index in [0.29, 0.717) is 12.0 Å². The van der Waals surface area contributed by atoms with Crippen LogP contribution in [0.25, 0.3) is 0 Å². The van der Waals surface area contributed by atoms with Gasteiger partial charge in [0.05, 0.1) is 0 Å². The van der Waals surface area contributed by atoms with Crippen LogP contribution >= 0.6 is 0 Å². The van der Waals surface area contributed by atoms with Gasteiger partial charge < -0.3 is 5.73 Å². The Morgan fingerprint density at radius 2 is 1.58 bits per heavy atom. The molecule has 100 valence electrons. The van der Waals surface area contributed by atoms with Crippen LogP contribution in [0.4, 0.5) is 4.39 Å². The standard InChI is InChI=1S/C17H20FN/c1-12-7-6-8-13(2)14(12)11-17(3,19)15-9-4-5-10-16(15)18/h4-10H,11,19H2,1-3H3. The van der Waals surface area contributed by atoms with E-state index in [1.54, 1.807) is 12.1 Å². The van der Waals surface area contributed by atoms with Crippen molar-refractivity contribution >= 4 is 0 Å². The van der Waals surface area contributed by atoms with E-state index in [1.165, 1.54) is 22.8 Å². The first-order valence-electron chi connectivity index (χ1n) is 6.51. The first kappa shape index (κ1) is 13.8. The van der Waals surface area contributed by atoms with E-state index in [0.717, 1.165) is 0 Å². The van der Waals surface area contributed by atoms with E-state index < -0.39 is 5.54 Å². The predicted molar refractivity (Wildman–Crippen MR) is 77.6 cm³/mol. The van der Waals surface area contributed by atoms with Gasteiger partial charge in [-0.1, -0.05) is 36.4 Å². The highest BCUT2D eigenvalue weighted by atomic mass is 19.1. The molecule has 1 atom stereocenters. The maximum absolute atomic E-state index is 13.9. The monoisotopic (exact) mass is 257 g/mol. The average Bonchev–Trinajstić information content (AvgIpc) is 2.34. The van der Waals surface area contributed by atoms with Crippen LogP contribution in [0, 0.1) is 19.7 Å². The molecule has 19 heavy (non-hydrogen) atoms. The van der Waals surface area contributed by atoms with Gasteiger partial charge in [-0.2, -0.15) is 0 Å². The Morgan fingerprint density at radius 1 is 1.00 bits per heavy atom. The minimum Gasteiger partial charge on any atom is -0.321 e. The molecular formula is C17H20FN. The summed E-state index contributed by atoms with van der Waals surface area (Å²) >= 11 is 0. The SMILES string of the molecule is Cc1cccc(C)c1CC(C)(N)c1ccccc1F. The van der Waals surface area contributed by atoms with Crippen molar-refractivity contribution in [1.82, 2.24) is 0 Å². The van der Waals surface area contributed by atoms with Gasteiger partial charge >= 0.3 is 0 Å². The summed E-state index contributed by atoms with van der Waals surface area (Å²) in [5.41, 5.74) is 9.84. The van der Waals surface area contributed by atoms with Gasteiger partial charge in [0.2, 0.25) is 0 Å². The molecule has 0 aliphatic carbocycles. The molecule has 1 nitrogen and oxygen atoms in total. The smallest absolute Gasteiger partial charge is 0.128 e. The zero-order valence-corrected chi connectivity index (χ0v) is 11.7. The third-order valence-corrected chi connectivity index (χ3v) is 3.68. The zero-order valence-electron chi connectivity index (χ0n) is 11.7. The van der Waals surface area contributed by atoms with Gasteiger partial charge in [0.25, 0.3) is 0 Å². The molecule has 0 aromatic heterocycles. The van der Waals surface area contributed by atoms with Crippen LogP contribution in [-0.2, 0) is 12.0 Å². The Labute approximate surface area is 114 Å². The molecule has 2 rings (SSSR count). The Hall–Kier alpha value is -1.67. The van der Waals surface area contributed by atoms with Crippen molar-refractivity contribution in [3.05, 3.63) is 70.5 Å². The molecule has 0 fully saturated rings. The third kappa shape index (κ3) is 2.85. The van der Waals surface area contributed by atoms with Gasteiger partial charge in [0, 0.05) is 11.1 Å². The van der Waals surface area contributed by atoms with Crippen molar-refractivity contribution in [2.24, 2.45) is 5.73 Å². The molecule has 2 aromatic carbocycles. The summed E-state index contributed by atoms with van der Waals surface area (Å²) in [5.74, 6) is -0.237. The van der Waals surface area contributed by atoms with Crippen molar-refractivity contribution in [1.29, 1.82) is 0 Å². The fourth-order valence-corrected chi connectivity index (χ4v) is 2.51. The fraction of sp³-hybridized carbons (Fsp3) is 0.294. The van der Waals surface area contributed by atoms with Crippen LogP contribution in [0.2, 0.25) is 0 Å². The average molecular weight is 257 g/mol. The maximum Gasteiger partial charge on any atom is 0.128 e. The minimum atomic E-state index is -0.706. The summed E-state index contributed by atoms with van der Waals surface area (Å²) in [7, 11) is 0. The largest absolute Gasteiger partial charge is 0.321 e. The van der Waals surface area contributed by atoms with Crippen LogP contribution in [0.1, 0.15) is 29.2 Å². The van der Waals surface area contributed by atoms with Crippen molar-refractivity contribution in [2.45, 2.75) is 32.7 Å². The summed E-state index contributed by atoms with van der Waals surface area (Å²) in [5, 5.41) is 0. The van der Waals surface area contributed by atoms with Crippen LogP contribution in [0.15, 0.2) is 42.5 Å². The zero-order chi connectivity index (χ0) is 14.0. The topological polar surface area (TPSA) is 26.0 Å². The fourth-order valence-electron chi connectivity index (χ4n) is 2.51. The van der Waals surface area contributed by atoms with Gasteiger partial charge in [-0.3, -0.25) is 0 Å². The Kier molecular flexibility index (Phi) is 3.72. The van der Waals surface area contributed by atoms with Gasteiger partial charge in [0.1, 0.15) is 5.82 Å². The molecule has 1 unspecified atom stereocenters. The molecular weight excluding hydrogens is 237 g/mol. The lowest BCUT2D eigenvalue weighted by molar-refractivity contribution is 0.455. The lowest BCUT2D eigenvalue weighted by atomic mass is 9.83. The maximum atomic E-state index is 13.9. The Morgan fingerprint density at radius 3 is 2.16 bits per heavy atom. The van der Waals surface area contributed by atoms with E-state index in [9.17, 15) is 4.39 Å². The van der Waals surface area contributed by atoms with Crippen LogP contribution in [0.3, 0.4) is 0 Å². The molecule has 2 heteroatoms. The second kappa shape index (κ2) is 5.14. The lowest BCUT2D eigenvalue weighted by Crippen LogP contribution is -2.37. The normalized spacial score (nSPS) is 14.2. The minimum absolute atomic E-state index is 0.237. The number of rotatable bonds is 3. The Bertz CT molecular complexity index is 567. The van der Waals surface area contributed by atoms with E-state index in [4.69, 9.17) is 5.73 Å². The molecule has 2 N–H and O–H groups in total. The van der Waals surface area contributed by atoms with Gasteiger partial charge in [-0.25, -0.2) is 4.39 Å². The summed E-state index contributed by atoms with van der Waals surface area (Å²) in [6, 6.07) is 12.9. The van der Waals surface area contributed by atoms with Crippen LogP contribution in [-0.4, -0.2) is 0 Å². The number of hydrogen-bond acceptors (Lipinski definition) is 1. The second-order valence-electron chi connectivity index (χ2n) is 5.44. The van der Waals surface area contributed by atoms with Crippen molar-refractivity contribution in [3.63, 3.8) is 0 Å². The second-order valence-corrected chi connectivity index (χ2v) is 5.44. The molecule has 0 bridgehead atoms. The summed E-state index contributed by atoms with van der Waals surface area (Å²) in [6.45, 7) is 6.02. The number of benzene rings is 2. The van der Waals surface area contributed by atoms with Gasteiger partial charge in [-0.05, 0) is 49.9 Å². The van der Waals surface area contributed by atoms with Gasteiger partial charge in [-0.15, -0.1) is 0 Å². The van der Waals surface area contributed by atoms with E-state index >= 15 is 0 Å². The predicted octanol–water partition coefficient (Wildman–Crippen LogP) is 3.86. The number of aryl methyl sites for hydroxylation is 2. The molecule has 0 aliphatic rings. The molecule has 0 spiro atoms. The lowest BCUT2D eigenvalue weighted by Gasteiger charge is -2.27. The van der Waals surface area contributed by atoms with Gasteiger partial charge in [0.15, 0.2) is 0 Å². The molecule has 0 radical (unpaired) electrons. The highest BCUT2D eigenvalue weighted by Crippen LogP contribution is 2.27. The Balaban J connectivity index is 2.39. The molecule has 0 saturated carbocycles.